The SMILES string of the molecule is C=N/C(C)=N\c1cc(CCC(C)(F)F)nn1CN1C2CCCC1CC2. The summed E-state index contributed by atoms with van der Waals surface area (Å²) in [6.45, 7) is 6.88. The van der Waals surface area contributed by atoms with E-state index >= 15 is 0 Å². The number of hydrogen-bond donors (Lipinski definition) is 0. The van der Waals surface area contributed by atoms with E-state index in [1.807, 2.05) is 4.68 Å². The largest absolute Gasteiger partial charge is 0.278 e. The zero-order valence-electron chi connectivity index (χ0n) is 15.1. The first-order valence-electron chi connectivity index (χ1n) is 9.08. The zero-order valence-corrected chi connectivity index (χ0v) is 15.1. The van der Waals surface area contributed by atoms with Gasteiger partial charge in [0, 0.05) is 24.6 Å². The molecule has 0 saturated carbocycles. The third-order valence-corrected chi connectivity index (χ3v) is 5.28. The molecule has 1 aromatic heterocycles. The lowest BCUT2D eigenvalue weighted by Crippen LogP contribution is -2.40. The van der Waals surface area contributed by atoms with Crippen LogP contribution in [0.3, 0.4) is 0 Å². The van der Waals surface area contributed by atoms with Crippen molar-refractivity contribution in [3.8, 4) is 0 Å². The Kier molecular flexibility index (Phi) is 5.32. The van der Waals surface area contributed by atoms with Crippen LogP contribution in [0.25, 0.3) is 0 Å². The Morgan fingerprint density at radius 2 is 2.00 bits per heavy atom. The molecule has 2 saturated heterocycles. The van der Waals surface area contributed by atoms with Gasteiger partial charge in [-0.3, -0.25) is 4.90 Å². The van der Waals surface area contributed by atoms with Crippen LogP contribution in [0.4, 0.5) is 14.6 Å². The molecule has 7 heteroatoms. The highest BCUT2D eigenvalue weighted by atomic mass is 19.3. The summed E-state index contributed by atoms with van der Waals surface area (Å²) in [5, 5.41) is 4.56. The minimum Gasteiger partial charge on any atom is -0.278 e. The Labute approximate surface area is 147 Å². The van der Waals surface area contributed by atoms with E-state index in [-0.39, 0.29) is 12.8 Å². The number of aliphatic imine (C=N–C) groups is 2. The first-order chi connectivity index (χ1) is 11.9. The van der Waals surface area contributed by atoms with E-state index in [0.717, 1.165) is 6.92 Å². The van der Waals surface area contributed by atoms with Crippen LogP contribution < -0.4 is 0 Å². The molecule has 2 atom stereocenters. The third-order valence-electron chi connectivity index (χ3n) is 5.28. The van der Waals surface area contributed by atoms with E-state index < -0.39 is 5.92 Å². The van der Waals surface area contributed by atoms with Gasteiger partial charge in [-0.15, -0.1) is 0 Å². The van der Waals surface area contributed by atoms with Crippen LogP contribution in [0.15, 0.2) is 16.1 Å². The number of fused-ring (bicyclic) bond motifs is 2. The van der Waals surface area contributed by atoms with Gasteiger partial charge < -0.3 is 0 Å². The fourth-order valence-electron chi connectivity index (χ4n) is 3.93. The van der Waals surface area contributed by atoms with Crippen molar-refractivity contribution in [2.45, 2.75) is 83.5 Å². The van der Waals surface area contributed by atoms with Gasteiger partial charge in [-0.1, -0.05) is 6.42 Å². The lowest BCUT2D eigenvalue weighted by Gasteiger charge is -2.34. The Hall–Kier alpha value is -1.63. The first-order valence-corrected chi connectivity index (χ1v) is 9.08. The fraction of sp³-hybridized carbons (Fsp3) is 0.722. The molecular formula is C18H27F2N5. The minimum absolute atomic E-state index is 0.208. The molecule has 0 aliphatic carbocycles. The first kappa shape index (κ1) is 18.2. The normalized spacial score (nSPS) is 24.7. The lowest BCUT2D eigenvalue weighted by molar-refractivity contribution is 0.0130. The number of halogens is 2. The van der Waals surface area contributed by atoms with Crippen molar-refractivity contribution in [2.75, 3.05) is 0 Å². The van der Waals surface area contributed by atoms with Crippen LogP contribution in [0.2, 0.25) is 0 Å². The molecule has 5 nitrogen and oxygen atoms in total. The van der Waals surface area contributed by atoms with E-state index in [1.165, 1.54) is 32.1 Å². The molecule has 0 aromatic carbocycles. The molecule has 0 radical (unpaired) electrons. The summed E-state index contributed by atoms with van der Waals surface area (Å²) in [5.74, 6) is -1.46. The van der Waals surface area contributed by atoms with Crippen molar-refractivity contribution < 1.29 is 8.78 Å². The van der Waals surface area contributed by atoms with Crippen LogP contribution in [0.5, 0.6) is 0 Å². The fourth-order valence-corrected chi connectivity index (χ4v) is 3.93. The molecule has 0 spiro atoms. The number of piperidine rings is 1. The summed E-state index contributed by atoms with van der Waals surface area (Å²) >= 11 is 0. The van der Waals surface area contributed by atoms with Crippen molar-refractivity contribution in [3.63, 3.8) is 0 Å². The maximum absolute atomic E-state index is 13.2. The van der Waals surface area contributed by atoms with E-state index in [0.29, 0.717) is 36.1 Å². The van der Waals surface area contributed by atoms with Crippen LogP contribution in [-0.4, -0.2) is 45.2 Å². The van der Waals surface area contributed by atoms with Gasteiger partial charge in [0.1, 0.15) is 5.84 Å². The van der Waals surface area contributed by atoms with Crippen LogP contribution >= 0.6 is 0 Å². The Morgan fingerprint density at radius 3 is 2.60 bits per heavy atom. The van der Waals surface area contributed by atoms with Gasteiger partial charge in [-0.05, 0) is 52.7 Å². The lowest BCUT2D eigenvalue weighted by atomic mass is 10.0. The number of aryl methyl sites for hydroxylation is 1. The molecule has 3 heterocycles. The molecule has 25 heavy (non-hydrogen) atoms. The van der Waals surface area contributed by atoms with E-state index in [9.17, 15) is 8.78 Å². The zero-order chi connectivity index (χ0) is 18.0. The summed E-state index contributed by atoms with van der Waals surface area (Å²) in [7, 11) is 0. The number of aromatic nitrogens is 2. The highest BCUT2D eigenvalue weighted by molar-refractivity contribution is 5.85. The summed E-state index contributed by atoms with van der Waals surface area (Å²) in [5.41, 5.74) is 0.654. The summed E-state index contributed by atoms with van der Waals surface area (Å²) in [6.07, 6.45) is 6.29. The number of hydrogen-bond acceptors (Lipinski definition) is 3. The van der Waals surface area contributed by atoms with E-state index in [2.05, 4.69) is 26.7 Å². The smallest absolute Gasteiger partial charge is 0.245 e. The molecule has 3 rings (SSSR count). The molecule has 0 amide bonds. The average Bonchev–Trinajstić information content (AvgIpc) is 3.01. The third kappa shape index (κ3) is 4.51. The van der Waals surface area contributed by atoms with Crippen molar-refractivity contribution in [1.29, 1.82) is 0 Å². The highest BCUT2D eigenvalue weighted by Gasteiger charge is 2.36. The van der Waals surface area contributed by atoms with Crippen LogP contribution in [0, 0.1) is 0 Å². The Bertz CT molecular complexity index is 630. The number of alkyl halides is 2. The molecule has 0 N–H and O–H groups in total. The summed E-state index contributed by atoms with van der Waals surface area (Å²) in [6, 6.07) is 3.02. The molecule has 2 bridgehead atoms. The van der Waals surface area contributed by atoms with Crippen LogP contribution in [0.1, 0.15) is 58.1 Å². The van der Waals surface area contributed by atoms with Crippen molar-refractivity contribution in [2.24, 2.45) is 9.98 Å². The van der Waals surface area contributed by atoms with Crippen LogP contribution in [-0.2, 0) is 13.1 Å². The topological polar surface area (TPSA) is 45.8 Å². The van der Waals surface area contributed by atoms with Gasteiger partial charge in [0.15, 0.2) is 5.82 Å². The van der Waals surface area contributed by atoms with Gasteiger partial charge in [-0.2, -0.15) is 5.10 Å². The maximum Gasteiger partial charge on any atom is 0.245 e. The molecule has 138 valence electrons. The summed E-state index contributed by atoms with van der Waals surface area (Å²) < 4.78 is 28.2. The predicted octanol–water partition coefficient (Wildman–Crippen LogP) is 4.20. The maximum atomic E-state index is 13.2. The molecular weight excluding hydrogens is 324 g/mol. The summed E-state index contributed by atoms with van der Waals surface area (Å²) in [4.78, 5) is 10.8. The number of amidine groups is 1. The number of rotatable bonds is 6. The quantitative estimate of drug-likeness (QED) is 0.570. The standard InChI is InChI=1S/C18H27F2N5/c1-13(21-3)22-17-11-14(9-10-18(2,19)20)23-25(17)12-24-15-5-4-6-16(24)8-7-15/h11,15-16H,3-10,12H2,1-2H3/b22-13-. The Balaban J connectivity index is 1.80. The number of nitrogens with zero attached hydrogens (tertiary/aromatic N) is 5. The minimum atomic E-state index is -2.68. The molecule has 1 aromatic rings. The monoisotopic (exact) mass is 351 g/mol. The second-order valence-corrected chi connectivity index (χ2v) is 7.35. The average molecular weight is 351 g/mol. The van der Waals surface area contributed by atoms with Crippen molar-refractivity contribution >= 4 is 18.4 Å². The molecule has 2 aliphatic rings. The second kappa shape index (κ2) is 7.32. The second-order valence-electron chi connectivity index (χ2n) is 7.35. The van der Waals surface area contributed by atoms with Crippen molar-refractivity contribution in [1.82, 2.24) is 14.7 Å². The van der Waals surface area contributed by atoms with Gasteiger partial charge in [0.25, 0.3) is 0 Å². The van der Waals surface area contributed by atoms with E-state index in [4.69, 9.17) is 0 Å². The van der Waals surface area contributed by atoms with E-state index in [1.54, 1.807) is 13.0 Å². The van der Waals surface area contributed by atoms with Gasteiger partial charge in [0.05, 0.1) is 12.4 Å². The predicted molar refractivity (Wildman–Crippen MR) is 96.0 cm³/mol. The van der Waals surface area contributed by atoms with Gasteiger partial charge in [-0.25, -0.2) is 23.4 Å². The highest BCUT2D eigenvalue weighted by Crippen LogP contribution is 2.36. The van der Waals surface area contributed by atoms with Crippen molar-refractivity contribution in [3.05, 3.63) is 11.8 Å². The molecule has 2 unspecified atom stereocenters. The van der Waals surface area contributed by atoms with Gasteiger partial charge in [0.2, 0.25) is 5.92 Å². The molecule has 2 fully saturated rings. The Morgan fingerprint density at radius 1 is 1.32 bits per heavy atom. The molecule has 2 aliphatic heterocycles. The van der Waals surface area contributed by atoms with Gasteiger partial charge >= 0.3 is 0 Å².